The van der Waals surface area contributed by atoms with Gasteiger partial charge in [-0.3, -0.25) is 4.79 Å². The number of methoxy groups -OCH3 is 3. The second kappa shape index (κ2) is 10.9. The van der Waals surface area contributed by atoms with Crippen molar-refractivity contribution < 1.29 is 27.4 Å². The number of nitrogens with zero attached hydrogens (tertiary/aromatic N) is 1. The molecule has 3 rings (SSSR count). The quantitative estimate of drug-likeness (QED) is 0.582. The second-order valence-corrected chi connectivity index (χ2v) is 10.0. The Hall–Kier alpha value is -3.04. The first-order valence-corrected chi connectivity index (χ1v) is 12.6. The maximum absolute atomic E-state index is 13.3. The summed E-state index contributed by atoms with van der Waals surface area (Å²) >= 11 is 0. The topological polar surface area (TPSA) is 94.2 Å². The normalized spacial score (nSPS) is 15.0. The Kier molecular flexibility index (Phi) is 8.22. The molecule has 0 saturated carbocycles. The molecular formula is C25H32N2O6S. The zero-order valence-corrected chi connectivity index (χ0v) is 21.0. The van der Waals surface area contributed by atoms with Crippen molar-refractivity contribution in [1.82, 2.24) is 9.62 Å². The van der Waals surface area contributed by atoms with Gasteiger partial charge in [-0.05, 0) is 30.0 Å². The molecule has 2 aromatic rings. The number of hydrogen-bond donors (Lipinski definition) is 1. The lowest BCUT2D eigenvalue weighted by Crippen LogP contribution is -2.52. The van der Waals surface area contributed by atoms with Crippen molar-refractivity contribution >= 4 is 21.5 Å². The van der Waals surface area contributed by atoms with Crippen LogP contribution in [0.3, 0.4) is 0 Å². The number of carbonyl (C=O) groups is 1. The van der Waals surface area contributed by atoms with E-state index in [4.69, 9.17) is 14.2 Å². The van der Waals surface area contributed by atoms with Crippen LogP contribution in [0, 0.1) is 5.92 Å². The molecule has 1 N–H and O–H groups in total. The predicted octanol–water partition coefficient (Wildman–Crippen LogP) is 3.33. The van der Waals surface area contributed by atoms with Gasteiger partial charge in [-0.2, -0.15) is 4.72 Å². The molecule has 34 heavy (non-hydrogen) atoms. The third-order valence-electron chi connectivity index (χ3n) is 5.83. The van der Waals surface area contributed by atoms with Crippen molar-refractivity contribution in [2.45, 2.75) is 31.2 Å². The third-order valence-corrected chi connectivity index (χ3v) is 7.28. The number of nitrogens with one attached hydrogen (secondary N) is 1. The summed E-state index contributed by atoms with van der Waals surface area (Å²) in [5.74, 6) is 1.39. The fourth-order valence-electron chi connectivity index (χ4n) is 3.92. The molecule has 0 spiro atoms. The molecule has 0 bridgehead atoms. The van der Waals surface area contributed by atoms with Gasteiger partial charge in [0.05, 0.1) is 31.8 Å². The van der Waals surface area contributed by atoms with Crippen LogP contribution in [0.25, 0.3) is 5.57 Å². The summed E-state index contributed by atoms with van der Waals surface area (Å²) in [5.41, 5.74) is 1.81. The molecule has 1 unspecified atom stereocenters. The third kappa shape index (κ3) is 5.53. The highest BCUT2D eigenvalue weighted by atomic mass is 32.2. The molecular weight excluding hydrogens is 456 g/mol. The summed E-state index contributed by atoms with van der Waals surface area (Å²) in [4.78, 5) is 15.1. The molecule has 0 fully saturated rings. The first-order chi connectivity index (χ1) is 16.2. The van der Waals surface area contributed by atoms with E-state index < -0.39 is 16.1 Å². The molecule has 9 heteroatoms. The van der Waals surface area contributed by atoms with Crippen LogP contribution in [0.1, 0.15) is 25.8 Å². The number of benzene rings is 2. The van der Waals surface area contributed by atoms with Crippen LogP contribution >= 0.6 is 0 Å². The maximum Gasteiger partial charge on any atom is 0.241 e. The van der Waals surface area contributed by atoms with Crippen LogP contribution in [-0.4, -0.2) is 59.7 Å². The smallest absolute Gasteiger partial charge is 0.241 e. The Morgan fingerprint density at radius 2 is 1.62 bits per heavy atom. The van der Waals surface area contributed by atoms with Gasteiger partial charge in [-0.1, -0.05) is 38.1 Å². The molecule has 2 aromatic carbocycles. The van der Waals surface area contributed by atoms with Gasteiger partial charge in [0.15, 0.2) is 0 Å². The van der Waals surface area contributed by atoms with Gasteiger partial charge in [0.2, 0.25) is 15.9 Å². The number of hydrogen-bond acceptors (Lipinski definition) is 6. The van der Waals surface area contributed by atoms with E-state index in [0.29, 0.717) is 36.8 Å². The zero-order valence-electron chi connectivity index (χ0n) is 20.2. The Morgan fingerprint density at radius 1 is 1.00 bits per heavy atom. The van der Waals surface area contributed by atoms with Crippen LogP contribution < -0.4 is 18.9 Å². The van der Waals surface area contributed by atoms with Gasteiger partial charge >= 0.3 is 0 Å². The minimum absolute atomic E-state index is 0.132. The van der Waals surface area contributed by atoms with E-state index in [1.165, 1.54) is 12.1 Å². The van der Waals surface area contributed by atoms with Gasteiger partial charge in [-0.25, -0.2) is 8.42 Å². The maximum atomic E-state index is 13.3. The average Bonchev–Trinajstić information content (AvgIpc) is 2.86. The molecule has 1 atom stereocenters. The molecule has 0 aromatic heterocycles. The molecule has 184 valence electrons. The van der Waals surface area contributed by atoms with Crippen molar-refractivity contribution in [3.05, 3.63) is 54.1 Å². The monoisotopic (exact) mass is 488 g/mol. The Morgan fingerprint density at radius 3 is 2.09 bits per heavy atom. The SMILES string of the molecule is COc1cc(OC)c(C2=CCN(C(=O)C(NS(=O)(=O)c3ccccc3)C(C)C)CC2)c(OC)c1. The summed E-state index contributed by atoms with van der Waals surface area (Å²) in [6, 6.07) is 10.8. The van der Waals surface area contributed by atoms with E-state index >= 15 is 0 Å². The fourth-order valence-corrected chi connectivity index (χ4v) is 5.28. The first-order valence-electron chi connectivity index (χ1n) is 11.1. The Labute approximate surface area is 201 Å². The highest BCUT2D eigenvalue weighted by Gasteiger charge is 2.32. The zero-order chi connectivity index (χ0) is 24.9. The van der Waals surface area contributed by atoms with E-state index in [0.717, 1.165) is 11.1 Å². The Bertz CT molecular complexity index is 1120. The van der Waals surface area contributed by atoms with E-state index in [2.05, 4.69) is 4.72 Å². The lowest BCUT2D eigenvalue weighted by molar-refractivity contribution is -0.133. The van der Waals surface area contributed by atoms with Crippen molar-refractivity contribution in [2.75, 3.05) is 34.4 Å². The van der Waals surface area contributed by atoms with Gasteiger partial charge in [0, 0.05) is 25.2 Å². The molecule has 1 aliphatic heterocycles. The minimum Gasteiger partial charge on any atom is -0.496 e. The molecule has 0 aliphatic carbocycles. The van der Waals surface area contributed by atoms with E-state index in [1.807, 2.05) is 19.9 Å². The van der Waals surface area contributed by atoms with E-state index in [-0.39, 0.29) is 16.7 Å². The standard InChI is InChI=1S/C25H32N2O6S/c1-17(2)24(26-34(29,30)20-9-7-6-8-10-20)25(28)27-13-11-18(12-14-27)23-21(32-4)15-19(31-3)16-22(23)33-5/h6-11,15-17,24,26H,12-14H2,1-5H3. The van der Waals surface area contributed by atoms with E-state index in [9.17, 15) is 13.2 Å². The van der Waals surface area contributed by atoms with Gasteiger partial charge in [-0.15, -0.1) is 0 Å². The van der Waals surface area contributed by atoms with Gasteiger partial charge < -0.3 is 19.1 Å². The predicted molar refractivity (Wildman–Crippen MR) is 131 cm³/mol. The summed E-state index contributed by atoms with van der Waals surface area (Å²) in [7, 11) is 0.926. The lowest BCUT2D eigenvalue weighted by atomic mass is 9.96. The molecule has 1 heterocycles. The molecule has 0 saturated heterocycles. The summed E-state index contributed by atoms with van der Waals surface area (Å²) < 4.78 is 44.7. The number of sulfonamides is 1. The number of ether oxygens (including phenoxy) is 3. The lowest BCUT2D eigenvalue weighted by Gasteiger charge is -2.32. The van der Waals surface area contributed by atoms with Crippen molar-refractivity contribution in [3.8, 4) is 17.2 Å². The highest BCUT2D eigenvalue weighted by Crippen LogP contribution is 2.41. The average molecular weight is 489 g/mol. The summed E-state index contributed by atoms with van der Waals surface area (Å²) in [6.07, 6.45) is 2.53. The van der Waals surface area contributed by atoms with Crippen molar-refractivity contribution in [1.29, 1.82) is 0 Å². The largest absolute Gasteiger partial charge is 0.496 e. The van der Waals surface area contributed by atoms with Crippen LogP contribution in [0.2, 0.25) is 0 Å². The summed E-state index contributed by atoms with van der Waals surface area (Å²) in [6.45, 7) is 4.45. The van der Waals surface area contributed by atoms with Crippen LogP contribution in [0.5, 0.6) is 17.2 Å². The minimum atomic E-state index is -3.82. The van der Waals surface area contributed by atoms with Crippen LogP contribution in [0.15, 0.2) is 53.4 Å². The molecule has 0 radical (unpaired) electrons. The number of rotatable bonds is 9. The van der Waals surface area contributed by atoms with Crippen LogP contribution in [-0.2, 0) is 14.8 Å². The van der Waals surface area contributed by atoms with E-state index in [1.54, 1.807) is 56.6 Å². The summed E-state index contributed by atoms with van der Waals surface area (Å²) in [5, 5.41) is 0. The fraction of sp³-hybridized carbons (Fsp3) is 0.400. The Balaban J connectivity index is 1.82. The van der Waals surface area contributed by atoms with Crippen LogP contribution in [0.4, 0.5) is 0 Å². The molecule has 8 nitrogen and oxygen atoms in total. The van der Waals surface area contributed by atoms with Gasteiger partial charge in [0.25, 0.3) is 0 Å². The second-order valence-electron chi connectivity index (χ2n) is 8.33. The van der Waals surface area contributed by atoms with Gasteiger partial charge in [0.1, 0.15) is 23.3 Å². The number of carbonyl (C=O) groups excluding carboxylic acids is 1. The number of amides is 1. The van der Waals surface area contributed by atoms with Crippen molar-refractivity contribution in [3.63, 3.8) is 0 Å². The molecule has 1 aliphatic rings. The highest BCUT2D eigenvalue weighted by molar-refractivity contribution is 7.89. The van der Waals surface area contributed by atoms with Crippen molar-refractivity contribution in [2.24, 2.45) is 5.92 Å². The molecule has 1 amide bonds. The first kappa shape index (κ1) is 25.6.